The van der Waals surface area contributed by atoms with Gasteiger partial charge in [-0.3, -0.25) is 14.6 Å². The van der Waals surface area contributed by atoms with Crippen molar-refractivity contribution in [2.24, 2.45) is 10.7 Å². The monoisotopic (exact) mass is 331 g/mol. The fourth-order valence-electron chi connectivity index (χ4n) is 1.60. The second-order valence-electron chi connectivity index (χ2n) is 4.73. The number of amides is 1. The quantitative estimate of drug-likeness (QED) is 0.235. The third-order valence-electron chi connectivity index (χ3n) is 2.98. The van der Waals surface area contributed by atoms with E-state index >= 15 is 0 Å². The second kappa shape index (κ2) is 13.4. The summed E-state index contributed by atoms with van der Waals surface area (Å²) in [7, 11) is 3.49. The average Bonchev–Trinajstić information content (AvgIpc) is 2.53. The number of carbonyl (C=O) groups excluding carboxylic acids is 2. The maximum atomic E-state index is 11.8. The Morgan fingerprint density at radius 1 is 1.27 bits per heavy atom. The number of ketones is 1. The maximum Gasteiger partial charge on any atom is 0.236 e. The summed E-state index contributed by atoms with van der Waals surface area (Å²) >= 11 is 1.53. The summed E-state index contributed by atoms with van der Waals surface area (Å²) in [4.78, 5) is 26.9. The standard InChI is InChI=1S/C14H29N5O2S/c1-4-11(20)10-22-9-8-18-13(21)12(15)6-5-7-19-14(16-2)17-3/h12H,4-10,15H2,1-3H3,(H,18,21)(H2,16,17,19). The molecule has 0 aromatic rings. The molecular formula is C14H29N5O2S. The Kier molecular flexibility index (Phi) is 12.6. The first kappa shape index (κ1) is 20.7. The van der Waals surface area contributed by atoms with Crippen LogP contribution in [0.2, 0.25) is 0 Å². The highest BCUT2D eigenvalue weighted by Crippen LogP contribution is 2.00. The van der Waals surface area contributed by atoms with Gasteiger partial charge in [0.25, 0.3) is 0 Å². The molecule has 1 amide bonds. The smallest absolute Gasteiger partial charge is 0.236 e. The van der Waals surface area contributed by atoms with Crippen molar-refractivity contribution in [3.8, 4) is 0 Å². The fourth-order valence-corrected chi connectivity index (χ4v) is 2.43. The summed E-state index contributed by atoms with van der Waals surface area (Å²) in [6.07, 6.45) is 1.96. The minimum atomic E-state index is -0.499. The number of hydrogen-bond acceptors (Lipinski definition) is 5. The van der Waals surface area contributed by atoms with E-state index in [1.165, 1.54) is 11.8 Å². The van der Waals surface area contributed by atoms with Crippen LogP contribution in [-0.4, -0.2) is 62.4 Å². The fraction of sp³-hybridized carbons (Fsp3) is 0.786. The lowest BCUT2D eigenvalue weighted by atomic mass is 10.1. The van der Waals surface area contributed by atoms with Crippen molar-refractivity contribution >= 4 is 29.4 Å². The number of nitrogens with two attached hydrogens (primary N) is 1. The lowest BCUT2D eigenvalue weighted by Gasteiger charge is -2.13. The van der Waals surface area contributed by atoms with E-state index in [4.69, 9.17) is 5.73 Å². The third-order valence-corrected chi connectivity index (χ3v) is 4.00. The van der Waals surface area contributed by atoms with E-state index in [2.05, 4.69) is 20.9 Å². The van der Waals surface area contributed by atoms with Crippen LogP contribution in [0.15, 0.2) is 4.99 Å². The van der Waals surface area contributed by atoms with Crippen molar-refractivity contribution in [2.45, 2.75) is 32.2 Å². The van der Waals surface area contributed by atoms with Crippen LogP contribution in [0, 0.1) is 0 Å². The van der Waals surface area contributed by atoms with Crippen molar-refractivity contribution < 1.29 is 9.59 Å². The molecule has 0 rings (SSSR count). The molecule has 1 unspecified atom stereocenters. The van der Waals surface area contributed by atoms with Gasteiger partial charge in [0, 0.05) is 39.4 Å². The highest BCUT2D eigenvalue weighted by Gasteiger charge is 2.12. The molecule has 5 N–H and O–H groups in total. The molecule has 0 bridgehead atoms. The predicted octanol–water partition coefficient (Wildman–Crippen LogP) is -0.283. The first-order valence-electron chi connectivity index (χ1n) is 7.56. The van der Waals surface area contributed by atoms with Crippen molar-refractivity contribution in [3.63, 3.8) is 0 Å². The van der Waals surface area contributed by atoms with E-state index in [0.717, 1.165) is 18.1 Å². The Morgan fingerprint density at radius 3 is 2.59 bits per heavy atom. The number of Topliss-reactive ketones (excluding diaryl/α,β-unsaturated/α-hetero) is 1. The molecular weight excluding hydrogens is 302 g/mol. The highest BCUT2D eigenvalue weighted by molar-refractivity contribution is 7.99. The number of rotatable bonds is 11. The number of nitrogens with zero attached hydrogens (tertiary/aromatic N) is 1. The Labute approximate surface area is 137 Å². The lowest BCUT2D eigenvalue weighted by Crippen LogP contribution is -2.42. The number of aliphatic imine (C=N–C) groups is 1. The van der Waals surface area contributed by atoms with Gasteiger partial charge in [-0.2, -0.15) is 11.8 Å². The number of nitrogens with one attached hydrogen (secondary N) is 3. The van der Waals surface area contributed by atoms with Crippen molar-refractivity contribution in [3.05, 3.63) is 0 Å². The van der Waals surface area contributed by atoms with Crippen LogP contribution in [0.1, 0.15) is 26.2 Å². The molecule has 128 valence electrons. The minimum Gasteiger partial charge on any atom is -0.359 e. The highest BCUT2D eigenvalue weighted by atomic mass is 32.2. The number of carbonyl (C=O) groups is 2. The van der Waals surface area contributed by atoms with E-state index in [9.17, 15) is 9.59 Å². The maximum absolute atomic E-state index is 11.8. The molecule has 0 heterocycles. The second-order valence-corrected chi connectivity index (χ2v) is 5.84. The van der Waals surface area contributed by atoms with Crippen LogP contribution in [0.3, 0.4) is 0 Å². The van der Waals surface area contributed by atoms with Gasteiger partial charge in [-0.25, -0.2) is 0 Å². The van der Waals surface area contributed by atoms with Crippen LogP contribution >= 0.6 is 11.8 Å². The van der Waals surface area contributed by atoms with Crippen LogP contribution in [0.5, 0.6) is 0 Å². The molecule has 1 atom stereocenters. The SMILES string of the molecule is CCC(=O)CSCCNC(=O)C(N)CCCNC(=NC)NC. The van der Waals surface area contributed by atoms with Gasteiger partial charge in [-0.1, -0.05) is 6.92 Å². The van der Waals surface area contributed by atoms with E-state index < -0.39 is 6.04 Å². The van der Waals surface area contributed by atoms with Gasteiger partial charge < -0.3 is 21.7 Å². The van der Waals surface area contributed by atoms with E-state index in [0.29, 0.717) is 31.7 Å². The minimum absolute atomic E-state index is 0.139. The predicted molar refractivity (Wildman–Crippen MR) is 93.3 cm³/mol. The van der Waals surface area contributed by atoms with Crippen LogP contribution in [0.4, 0.5) is 0 Å². The first-order valence-corrected chi connectivity index (χ1v) is 8.71. The molecule has 0 saturated carbocycles. The molecule has 0 spiro atoms. The zero-order chi connectivity index (χ0) is 16.8. The molecule has 0 saturated heterocycles. The van der Waals surface area contributed by atoms with E-state index in [1.807, 2.05) is 6.92 Å². The molecule has 8 heteroatoms. The van der Waals surface area contributed by atoms with Crippen molar-refractivity contribution in [1.82, 2.24) is 16.0 Å². The van der Waals surface area contributed by atoms with Crippen LogP contribution in [0.25, 0.3) is 0 Å². The molecule has 0 aliphatic rings. The average molecular weight is 331 g/mol. The summed E-state index contributed by atoms with van der Waals surface area (Å²) < 4.78 is 0. The summed E-state index contributed by atoms with van der Waals surface area (Å²) in [5.41, 5.74) is 5.84. The van der Waals surface area contributed by atoms with Crippen molar-refractivity contribution in [1.29, 1.82) is 0 Å². The van der Waals surface area contributed by atoms with Crippen molar-refractivity contribution in [2.75, 3.05) is 38.7 Å². The summed E-state index contributed by atoms with van der Waals surface area (Å²) in [6, 6.07) is -0.499. The molecule has 7 nitrogen and oxygen atoms in total. The van der Waals surface area contributed by atoms with Gasteiger partial charge in [0.15, 0.2) is 5.96 Å². The number of hydrogen-bond donors (Lipinski definition) is 4. The van der Waals surface area contributed by atoms with Gasteiger partial charge in [-0.15, -0.1) is 0 Å². The zero-order valence-electron chi connectivity index (χ0n) is 13.8. The topological polar surface area (TPSA) is 109 Å². The normalized spacial score (nSPS) is 12.6. The van der Waals surface area contributed by atoms with Crippen LogP contribution < -0.4 is 21.7 Å². The Bertz CT molecular complexity index is 363. The molecule has 0 aromatic carbocycles. The molecule has 0 fully saturated rings. The molecule has 0 aliphatic carbocycles. The van der Waals surface area contributed by atoms with E-state index in [1.54, 1.807) is 14.1 Å². The zero-order valence-corrected chi connectivity index (χ0v) is 14.6. The Morgan fingerprint density at radius 2 is 2.00 bits per heavy atom. The van der Waals surface area contributed by atoms with E-state index in [-0.39, 0.29) is 11.7 Å². The third kappa shape index (κ3) is 10.4. The Hall–Kier alpha value is -1.28. The van der Waals surface area contributed by atoms with Gasteiger partial charge >= 0.3 is 0 Å². The summed E-state index contributed by atoms with van der Waals surface area (Å²) in [6.45, 7) is 3.10. The first-order chi connectivity index (χ1) is 10.5. The largest absolute Gasteiger partial charge is 0.359 e. The summed E-state index contributed by atoms with van der Waals surface area (Å²) in [5, 5.41) is 8.82. The summed E-state index contributed by atoms with van der Waals surface area (Å²) in [5.74, 6) is 2.05. The number of guanidine groups is 1. The van der Waals surface area contributed by atoms with Gasteiger partial charge in [0.05, 0.1) is 11.8 Å². The number of thioether (sulfide) groups is 1. The molecule has 22 heavy (non-hydrogen) atoms. The Balaban J connectivity index is 3.64. The van der Waals surface area contributed by atoms with Gasteiger partial charge in [0.1, 0.15) is 5.78 Å². The van der Waals surface area contributed by atoms with Crippen LogP contribution in [-0.2, 0) is 9.59 Å². The van der Waals surface area contributed by atoms with Gasteiger partial charge in [-0.05, 0) is 12.8 Å². The lowest BCUT2D eigenvalue weighted by molar-refractivity contribution is -0.122. The molecule has 0 aliphatic heterocycles. The van der Waals surface area contributed by atoms with Gasteiger partial charge in [0.2, 0.25) is 5.91 Å². The molecule has 0 aromatic heterocycles. The molecule has 0 radical (unpaired) electrons.